The number of ketones is 1. The molecule has 3 nitrogen and oxygen atoms in total. The number of hydrogen-bond acceptors (Lipinski definition) is 3. The Labute approximate surface area is 80.5 Å². The van der Waals surface area contributed by atoms with Crippen LogP contribution in [0.3, 0.4) is 0 Å². The molecule has 1 aromatic heterocycles. The summed E-state index contributed by atoms with van der Waals surface area (Å²) in [7, 11) is 0. The summed E-state index contributed by atoms with van der Waals surface area (Å²) in [5.41, 5.74) is 0.353. The van der Waals surface area contributed by atoms with Crippen molar-refractivity contribution < 1.29 is 4.79 Å². The van der Waals surface area contributed by atoms with E-state index in [0.717, 1.165) is 0 Å². The quantitative estimate of drug-likeness (QED) is 0.612. The van der Waals surface area contributed by atoms with Gasteiger partial charge in [-0.15, -0.1) is 0 Å². The molecule has 1 heterocycles. The maximum Gasteiger partial charge on any atom is 0.206 e. The maximum absolute atomic E-state index is 11.1. The summed E-state index contributed by atoms with van der Waals surface area (Å²) < 4.78 is -0.383. The standard InChI is InChI=1S/C6H4Br2N2O/c7-6(8)5(11)4-3-9-1-2-10-4/h1-3,6H. The van der Waals surface area contributed by atoms with Gasteiger partial charge in [-0.2, -0.15) is 0 Å². The van der Waals surface area contributed by atoms with Gasteiger partial charge in [0.1, 0.15) is 9.43 Å². The fraction of sp³-hybridized carbons (Fsp3) is 0.167. The van der Waals surface area contributed by atoms with Gasteiger partial charge in [-0.1, -0.05) is 31.9 Å². The minimum absolute atomic E-state index is 0.127. The molecule has 0 saturated carbocycles. The van der Waals surface area contributed by atoms with Gasteiger partial charge >= 0.3 is 0 Å². The Kier molecular flexibility index (Phi) is 3.14. The summed E-state index contributed by atoms with van der Waals surface area (Å²) >= 11 is 6.15. The predicted octanol–water partition coefficient (Wildman–Crippen LogP) is 1.78. The van der Waals surface area contributed by atoms with Crippen molar-refractivity contribution in [2.24, 2.45) is 0 Å². The highest BCUT2D eigenvalue weighted by molar-refractivity contribution is 9.25. The molecule has 0 saturated heterocycles. The summed E-state index contributed by atoms with van der Waals surface area (Å²) in [6, 6.07) is 0. The number of carbonyl (C=O) groups excluding carboxylic acids is 1. The van der Waals surface area contributed by atoms with E-state index in [0.29, 0.717) is 5.69 Å². The molecule has 11 heavy (non-hydrogen) atoms. The van der Waals surface area contributed by atoms with E-state index in [2.05, 4.69) is 41.8 Å². The molecular weight excluding hydrogens is 276 g/mol. The average molecular weight is 280 g/mol. The van der Waals surface area contributed by atoms with Gasteiger partial charge in [-0.25, -0.2) is 4.98 Å². The fourth-order valence-corrected chi connectivity index (χ4v) is 1.01. The van der Waals surface area contributed by atoms with Crippen LogP contribution in [0, 0.1) is 0 Å². The van der Waals surface area contributed by atoms with Crippen LogP contribution in [0.2, 0.25) is 0 Å². The molecule has 5 heteroatoms. The smallest absolute Gasteiger partial charge is 0.206 e. The second kappa shape index (κ2) is 3.92. The number of Topliss-reactive ketones (excluding diaryl/α,β-unsaturated/α-hetero) is 1. The highest BCUT2D eigenvalue weighted by Gasteiger charge is 2.13. The molecule has 0 aliphatic heterocycles. The topological polar surface area (TPSA) is 42.9 Å². The highest BCUT2D eigenvalue weighted by Crippen LogP contribution is 2.12. The van der Waals surface area contributed by atoms with E-state index in [-0.39, 0.29) is 9.52 Å². The van der Waals surface area contributed by atoms with Crippen molar-refractivity contribution in [1.82, 2.24) is 9.97 Å². The normalized spacial score (nSPS) is 10.1. The van der Waals surface area contributed by atoms with Gasteiger partial charge < -0.3 is 0 Å². The van der Waals surface area contributed by atoms with Gasteiger partial charge in [0.25, 0.3) is 0 Å². The first-order chi connectivity index (χ1) is 5.22. The first-order valence-electron chi connectivity index (χ1n) is 2.80. The van der Waals surface area contributed by atoms with Crippen LogP contribution in [0.5, 0.6) is 0 Å². The van der Waals surface area contributed by atoms with Crippen LogP contribution < -0.4 is 0 Å². The Balaban J connectivity index is 2.86. The molecule has 0 spiro atoms. The second-order valence-electron chi connectivity index (χ2n) is 1.76. The Bertz CT molecular complexity index is 250. The third-order valence-electron chi connectivity index (χ3n) is 1.01. The first kappa shape index (κ1) is 8.80. The summed E-state index contributed by atoms with van der Waals surface area (Å²) in [6.45, 7) is 0. The molecule has 0 aromatic carbocycles. The number of carbonyl (C=O) groups is 1. The van der Waals surface area contributed by atoms with Crippen LogP contribution in [0.25, 0.3) is 0 Å². The number of rotatable bonds is 2. The predicted molar refractivity (Wildman–Crippen MR) is 48.0 cm³/mol. The molecule has 0 aliphatic rings. The largest absolute Gasteiger partial charge is 0.290 e. The van der Waals surface area contributed by atoms with E-state index in [1.165, 1.54) is 18.6 Å². The van der Waals surface area contributed by atoms with Gasteiger partial charge in [0.15, 0.2) is 0 Å². The molecule has 1 aromatic rings. The van der Waals surface area contributed by atoms with Crippen molar-refractivity contribution in [3.63, 3.8) is 0 Å². The van der Waals surface area contributed by atoms with Crippen molar-refractivity contribution in [1.29, 1.82) is 0 Å². The molecule has 0 fully saturated rings. The second-order valence-corrected chi connectivity index (χ2v) is 4.82. The number of alkyl halides is 2. The van der Waals surface area contributed by atoms with Gasteiger partial charge in [-0.3, -0.25) is 9.78 Å². The van der Waals surface area contributed by atoms with Crippen molar-refractivity contribution in [2.45, 2.75) is 3.74 Å². The SMILES string of the molecule is O=C(c1cnccn1)C(Br)Br. The third-order valence-corrected chi connectivity index (χ3v) is 1.85. The maximum atomic E-state index is 11.1. The number of halogens is 2. The minimum atomic E-state index is -0.383. The lowest BCUT2D eigenvalue weighted by Crippen LogP contribution is -2.09. The van der Waals surface area contributed by atoms with Gasteiger partial charge in [0.2, 0.25) is 5.78 Å². The van der Waals surface area contributed by atoms with E-state index in [1.54, 1.807) is 0 Å². The monoisotopic (exact) mass is 278 g/mol. The summed E-state index contributed by atoms with van der Waals surface area (Å²) in [6.07, 6.45) is 4.43. The van der Waals surface area contributed by atoms with E-state index in [9.17, 15) is 4.79 Å². The molecule has 1 rings (SSSR count). The molecule has 0 radical (unpaired) electrons. The molecule has 0 amide bonds. The van der Waals surface area contributed by atoms with Crippen LogP contribution >= 0.6 is 31.9 Å². The fourth-order valence-electron chi connectivity index (χ4n) is 0.538. The van der Waals surface area contributed by atoms with Gasteiger partial charge in [-0.05, 0) is 0 Å². The summed E-state index contributed by atoms with van der Waals surface area (Å²) in [5, 5.41) is 0. The molecule has 58 valence electrons. The lowest BCUT2D eigenvalue weighted by atomic mass is 10.3. The lowest BCUT2D eigenvalue weighted by molar-refractivity contribution is 0.101. The van der Waals surface area contributed by atoms with E-state index < -0.39 is 0 Å². The van der Waals surface area contributed by atoms with Gasteiger partial charge in [0, 0.05) is 12.4 Å². The number of aromatic nitrogens is 2. The molecule has 0 unspecified atom stereocenters. The Morgan fingerprint density at radius 2 is 2.18 bits per heavy atom. The van der Waals surface area contributed by atoms with Crippen molar-refractivity contribution in [3.8, 4) is 0 Å². The molecule has 0 atom stereocenters. The van der Waals surface area contributed by atoms with E-state index >= 15 is 0 Å². The van der Waals surface area contributed by atoms with Crippen LogP contribution in [0.1, 0.15) is 10.5 Å². The van der Waals surface area contributed by atoms with Crippen LogP contribution in [-0.2, 0) is 0 Å². The van der Waals surface area contributed by atoms with Gasteiger partial charge in [0.05, 0.1) is 6.20 Å². The van der Waals surface area contributed by atoms with Crippen LogP contribution in [0.4, 0.5) is 0 Å². The summed E-state index contributed by atoms with van der Waals surface area (Å²) in [4.78, 5) is 18.7. The molecule has 0 aliphatic carbocycles. The highest BCUT2D eigenvalue weighted by atomic mass is 79.9. The van der Waals surface area contributed by atoms with Crippen LogP contribution in [0.15, 0.2) is 18.6 Å². The number of hydrogen-bond donors (Lipinski definition) is 0. The zero-order chi connectivity index (χ0) is 8.27. The lowest BCUT2D eigenvalue weighted by Gasteiger charge is -1.97. The Hall–Kier alpha value is -0.290. The average Bonchev–Trinajstić information content (AvgIpc) is 2.05. The molecule has 0 N–H and O–H groups in total. The Morgan fingerprint density at radius 3 is 2.64 bits per heavy atom. The summed E-state index contributed by atoms with van der Waals surface area (Å²) in [5.74, 6) is -0.127. The third kappa shape index (κ3) is 2.34. The van der Waals surface area contributed by atoms with E-state index in [1.807, 2.05) is 0 Å². The Morgan fingerprint density at radius 1 is 1.45 bits per heavy atom. The van der Waals surface area contributed by atoms with Crippen molar-refractivity contribution in [2.75, 3.05) is 0 Å². The van der Waals surface area contributed by atoms with Crippen LogP contribution in [-0.4, -0.2) is 19.5 Å². The minimum Gasteiger partial charge on any atom is -0.290 e. The van der Waals surface area contributed by atoms with Crippen molar-refractivity contribution in [3.05, 3.63) is 24.3 Å². The first-order valence-corrected chi connectivity index (χ1v) is 4.63. The van der Waals surface area contributed by atoms with E-state index in [4.69, 9.17) is 0 Å². The molecular formula is C6H4Br2N2O. The van der Waals surface area contributed by atoms with Crippen molar-refractivity contribution >= 4 is 37.6 Å². The molecule has 0 bridgehead atoms. The zero-order valence-electron chi connectivity index (χ0n) is 5.37. The number of nitrogens with zero attached hydrogens (tertiary/aromatic N) is 2. The zero-order valence-corrected chi connectivity index (χ0v) is 8.54.